The molecule has 0 amide bonds. The van der Waals surface area contributed by atoms with Gasteiger partial charge in [-0.25, -0.2) is 4.79 Å². The molecular weight excluding hydrogens is 580 g/mol. The van der Waals surface area contributed by atoms with Crippen molar-refractivity contribution in [3.8, 4) is 0 Å². The Kier molecular flexibility index (Phi) is 8.61. The van der Waals surface area contributed by atoms with Crippen LogP contribution in [-0.2, 0) is 42.9 Å². The molecule has 3 fully saturated rings. The van der Waals surface area contributed by atoms with Gasteiger partial charge in [0.15, 0.2) is 11.9 Å². The van der Waals surface area contributed by atoms with E-state index in [4.69, 9.17) is 23.7 Å². The van der Waals surface area contributed by atoms with Crippen molar-refractivity contribution in [1.82, 2.24) is 0 Å². The van der Waals surface area contributed by atoms with Crippen molar-refractivity contribution < 1.29 is 48.0 Å². The molecule has 45 heavy (non-hydrogen) atoms. The van der Waals surface area contributed by atoms with Gasteiger partial charge < -0.3 is 28.8 Å². The van der Waals surface area contributed by atoms with Crippen LogP contribution < -0.4 is 0 Å². The van der Waals surface area contributed by atoms with Crippen LogP contribution in [0.1, 0.15) is 66.4 Å². The first-order chi connectivity index (χ1) is 21.1. The van der Waals surface area contributed by atoms with E-state index in [1.807, 2.05) is 44.2 Å². The minimum Gasteiger partial charge on any atom is -0.462 e. The zero-order chi connectivity index (χ0) is 32.9. The molecule has 9 unspecified atom stereocenters. The summed E-state index contributed by atoms with van der Waals surface area (Å²) in [5, 5.41) is 11.8. The summed E-state index contributed by atoms with van der Waals surface area (Å²) in [6.45, 7) is 13.9. The molecule has 2 saturated carbocycles. The lowest BCUT2D eigenvalue weighted by Gasteiger charge is -2.64. The standard InChI is InChI=1S/C35H42O10/c1-19-26(45-27(39)14-13-24-11-9-8-10-12-24)15-16-33(6)28(19)30(42-21(3)36)25-17-35(40)20(2)29(34(25,7)18-41-35)31(43-22(4)37)32(33)44-23(5)38/h8-14,25-26,28,30-32,40H,1,15-18H2,2-7H3. The normalized spacial score (nSPS) is 37.3. The summed E-state index contributed by atoms with van der Waals surface area (Å²) in [4.78, 5) is 51.1. The van der Waals surface area contributed by atoms with Gasteiger partial charge in [-0.2, -0.15) is 0 Å². The predicted octanol–water partition coefficient (Wildman–Crippen LogP) is 4.45. The Morgan fingerprint density at radius 2 is 1.62 bits per heavy atom. The largest absolute Gasteiger partial charge is 0.462 e. The SMILES string of the molecule is C=C1C(OC(=O)C=Cc2ccccc2)CCC2(C)C(OC(C)=O)C(OC(C)=O)C3=C(C)C4(O)CC(C(OC(C)=O)C12)C3(C)CO4. The van der Waals surface area contributed by atoms with Gasteiger partial charge in [0.05, 0.1) is 6.61 Å². The third-order valence-electron chi connectivity index (χ3n) is 10.3. The second-order valence-corrected chi connectivity index (χ2v) is 13.2. The maximum Gasteiger partial charge on any atom is 0.331 e. The maximum absolute atomic E-state index is 13.0. The topological polar surface area (TPSA) is 135 Å². The van der Waals surface area contributed by atoms with Crippen LogP contribution >= 0.6 is 0 Å². The summed E-state index contributed by atoms with van der Waals surface area (Å²) >= 11 is 0. The summed E-state index contributed by atoms with van der Waals surface area (Å²) in [5.41, 5.74) is 0.503. The highest BCUT2D eigenvalue weighted by molar-refractivity contribution is 5.87. The number of rotatable bonds is 6. The van der Waals surface area contributed by atoms with Crippen molar-refractivity contribution in [1.29, 1.82) is 0 Å². The zero-order valence-corrected chi connectivity index (χ0v) is 26.7. The number of hydrogen-bond donors (Lipinski definition) is 1. The van der Waals surface area contributed by atoms with E-state index in [1.165, 1.54) is 26.8 Å². The van der Waals surface area contributed by atoms with Crippen LogP contribution in [0.25, 0.3) is 6.08 Å². The molecule has 1 saturated heterocycles. The van der Waals surface area contributed by atoms with Gasteiger partial charge >= 0.3 is 23.9 Å². The van der Waals surface area contributed by atoms with Gasteiger partial charge in [0.2, 0.25) is 0 Å². The molecule has 0 spiro atoms. The van der Waals surface area contributed by atoms with E-state index in [9.17, 15) is 24.3 Å². The highest BCUT2D eigenvalue weighted by atomic mass is 16.6. The summed E-state index contributed by atoms with van der Waals surface area (Å²) in [6.07, 6.45) is 0.0508. The molecule has 0 aromatic heterocycles. The molecule has 3 aliphatic carbocycles. The molecule has 10 heteroatoms. The molecule has 5 aliphatic rings. The lowest BCUT2D eigenvalue weighted by atomic mass is 9.48. The Hall–Kier alpha value is -3.76. The van der Waals surface area contributed by atoms with Crippen molar-refractivity contribution in [2.75, 3.05) is 6.61 Å². The summed E-state index contributed by atoms with van der Waals surface area (Å²) in [5.74, 6) is -5.25. The first-order valence-electron chi connectivity index (χ1n) is 15.3. The number of fused-ring (bicyclic) bond motifs is 2. The van der Waals surface area contributed by atoms with Gasteiger partial charge in [-0.3, -0.25) is 14.4 Å². The Bertz CT molecular complexity index is 1460. The van der Waals surface area contributed by atoms with Crippen molar-refractivity contribution in [2.45, 2.75) is 91.0 Å². The van der Waals surface area contributed by atoms with Crippen LogP contribution in [0.15, 0.2) is 59.7 Å². The van der Waals surface area contributed by atoms with Gasteiger partial charge in [0.1, 0.15) is 18.3 Å². The fourth-order valence-corrected chi connectivity index (χ4v) is 8.25. The summed E-state index contributed by atoms with van der Waals surface area (Å²) < 4.78 is 30.1. The Balaban J connectivity index is 1.64. The van der Waals surface area contributed by atoms with E-state index in [0.29, 0.717) is 29.6 Å². The number of carbonyl (C=O) groups excluding carboxylic acids is 4. The van der Waals surface area contributed by atoms with E-state index in [1.54, 1.807) is 13.0 Å². The van der Waals surface area contributed by atoms with E-state index < -0.39 is 76.7 Å². The number of hydrogen-bond acceptors (Lipinski definition) is 10. The first kappa shape index (κ1) is 32.6. The monoisotopic (exact) mass is 622 g/mol. The predicted molar refractivity (Wildman–Crippen MR) is 162 cm³/mol. The van der Waals surface area contributed by atoms with Crippen molar-refractivity contribution >= 4 is 30.0 Å². The van der Waals surface area contributed by atoms with Crippen LogP contribution in [0, 0.1) is 22.7 Å². The molecule has 2 heterocycles. The van der Waals surface area contributed by atoms with Crippen molar-refractivity contribution in [2.24, 2.45) is 22.7 Å². The number of ether oxygens (including phenoxy) is 5. The fourth-order valence-electron chi connectivity index (χ4n) is 8.25. The zero-order valence-electron chi connectivity index (χ0n) is 26.7. The minimum absolute atomic E-state index is 0.0434. The smallest absolute Gasteiger partial charge is 0.331 e. The van der Waals surface area contributed by atoms with Gasteiger partial charge in [0.25, 0.3) is 0 Å². The molecule has 242 valence electrons. The van der Waals surface area contributed by atoms with E-state index >= 15 is 0 Å². The number of esters is 4. The third kappa shape index (κ3) is 5.74. The Morgan fingerprint density at radius 1 is 0.978 bits per heavy atom. The van der Waals surface area contributed by atoms with Crippen LogP contribution in [0.3, 0.4) is 0 Å². The van der Waals surface area contributed by atoms with Gasteiger partial charge in [-0.05, 0) is 48.1 Å². The Labute approximate surface area is 263 Å². The molecule has 1 aromatic rings. The molecule has 1 N–H and O–H groups in total. The van der Waals surface area contributed by atoms with Gasteiger partial charge in [-0.1, -0.05) is 50.8 Å². The second-order valence-electron chi connectivity index (χ2n) is 13.2. The third-order valence-corrected chi connectivity index (χ3v) is 10.3. The average molecular weight is 623 g/mol. The minimum atomic E-state index is -1.73. The molecule has 9 atom stereocenters. The van der Waals surface area contributed by atoms with E-state index in [0.717, 1.165) is 5.56 Å². The van der Waals surface area contributed by atoms with Gasteiger partial charge in [0, 0.05) is 55.9 Å². The molecule has 10 nitrogen and oxygen atoms in total. The Morgan fingerprint density at radius 3 is 2.24 bits per heavy atom. The summed E-state index contributed by atoms with van der Waals surface area (Å²) in [7, 11) is 0. The molecular formula is C35H42O10. The molecule has 2 aliphatic heterocycles. The number of benzene rings is 1. The maximum atomic E-state index is 13.0. The highest BCUT2D eigenvalue weighted by Crippen LogP contribution is 2.64. The first-order valence-corrected chi connectivity index (χ1v) is 15.3. The molecule has 6 rings (SSSR count). The van der Waals surface area contributed by atoms with E-state index in [2.05, 4.69) is 6.58 Å². The number of aliphatic hydroxyl groups is 1. The number of carbonyl (C=O) groups is 4. The molecule has 4 bridgehead atoms. The van der Waals surface area contributed by atoms with Crippen molar-refractivity contribution in [3.63, 3.8) is 0 Å². The molecule has 0 radical (unpaired) electrons. The fraction of sp³-hybridized carbons (Fsp3) is 0.543. The van der Waals surface area contributed by atoms with E-state index in [-0.39, 0.29) is 13.0 Å². The van der Waals surface area contributed by atoms with Crippen molar-refractivity contribution in [3.05, 3.63) is 65.3 Å². The lowest BCUT2D eigenvalue weighted by Crippen LogP contribution is -2.69. The lowest BCUT2D eigenvalue weighted by molar-refractivity contribution is -0.284. The van der Waals surface area contributed by atoms with Crippen LogP contribution in [0.2, 0.25) is 0 Å². The molecule has 1 aromatic carbocycles. The quantitative estimate of drug-likeness (QED) is 0.210. The van der Waals surface area contributed by atoms with Crippen LogP contribution in [-0.4, -0.2) is 65.8 Å². The van der Waals surface area contributed by atoms with Crippen LogP contribution in [0.5, 0.6) is 0 Å². The second kappa shape index (κ2) is 11.9. The summed E-state index contributed by atoms with van der Waals surface area (Å²) in [6, 6.07) is 9.34. The van der Waals surface area contributed by atoms with Gasteiger partial charge in [-0.15, -0.1) is 0 Å². The highest BCUT2D eigenvalue weighted by Gasteiger charge is 2.69. The average Bonchev–Trinajstić information content (AvgIpc) is 2.96. The van der Waals surface area contributed by atoms with Crippen LogP contribution in [0.4, 0.5) is 0 Å².